The summed E-state index contributed by atoms with van der Waals surface area (Å²) in [5.41, 5.74) is 0.348. The molecule has 0 aliphatic carbocycles. The fraction of sp³-hybridized carbons (Fsp3) is 0.462. The fourth-order valence-corrected chi connectivity index (χ4v) is 2.62. The van der Waals surface area contributed by atoms with E-state index in [9.17, 15) is 4.79 Å². The van der Waals surface area contributed by atoms with Crippen molar-refractivity contribution in [3.05, 3.63) is 34.9 Å². The molecule has 7 heteroatoms. The van der Waals surface area contributed by atoms with Gasteiger partial charge in [0.2, 0.25) is 3.79 Å². The molecule has 1 amide bonds. The molecule has 0 fully saturated rings. The molecule has 1 unspecified atom stereocenters. The summed E-state index contributed by atoms with van der Waals surface area (Å²) in [7, 11) is 0. The van der Waals surface area contributed by atoms with Crippen molar-refractivity contribution in [1.29, 1.82) is 0 Å². The fourth-order valence-electron chi connectivity index (χ4n) is 1.82. The molecule has 0 aliphatic rings. The van der Waals surface area contributed by atoms with Crippen LogP contribution in [0.25, 0.3) is 0 Å². The van der Waals surface area contributed by atoms with Crippen LogP contribution in [0.3, 0.4) is 0 Å². The third-order valence-corrected chi connectivity index (χ3v) is 3.82. The Balaban J connectivity index is 2.96. The Morgan fingerprint density at radius 3 is 2.25 bits per heavy atom. The van der Waals surface area contributed by atoms with Crippen molar-refractivity contribution in [2.75, 3.05) is 13.1 Å². The lowest BCUT2D eigenvalue weighted by Crippen LogP contribution is -2.55. The highest BCUT2D eigenvalue weighted by Crippen LogP contribution is 2.32. The number of carbonyl (C=O) groups excluding carboxylic acids is 1. The zero-order valence-electron chi connectivity index (χ0n) is 11.2. The SMILES string of the molecule is CCN(CC)C(NC(=O)c1ccccc1Cl)C(Cl)(Cl)Cl. The van der Waals surface area contributed by atoms with E-state index in [0.717, 1.165) is 0 Å². The van der Waals surface area contributed by atoms with Gasteiger partial charge in [-0.25, -0.2) is 0 Å². The lowest BCUT2D eigenvalue weighted by Gasteiger charge is -2.35. The molecule has 1 rings (SSSR count). The van der Waals surface area contributed by atoms with Crippen LogP contribution in [0, 0.1) is 0 Å². The lowest BCUT2D eigenvalue weighted by molar-refractivity contribution is 0.0862. The molecule has 112 valence electrons. The first kappa shape index (κ1) is 17.9. The van der Waals surface area contributed by atoms with Crippen LogP contribution < -0.4 is 5.32 Å². The maximum atomic E-state index is 12.3. The Hall–Kier alpha value is -0.190. The highest BCUT2D eigenvalue weighted by molar-refractivity contribution is 6.68. The van der Waals surface area contributed by atoms with Crippen LogP contribution in [0.2, 0.25) is 5.02 Å². The maximum absolute atomic E-state index is 12.3. The largest absolute Gasteiger partial charge is 0.332 e. The number of carbonyl (C=O) groups is 1. The van der Waals surface area contributed by atoms with Crippen LogP contribution in [0.1, 0.15) is 24.2 Å². The van der Waals surface area contributed by atoms with Crippen molar-refractivity contribution in [3.8, 4) is 0 Å². The van der Waals surface area contributed by atoms with E-state index in [1.54, 1.807) is 24.3 Å². The molecule has 1 aromatic rings. The van der Waals surface area contributed by atoms with E-state index in [0.29, 0.717) is 23.7 Å². The summed E-state index contributed by atoms with van der Waals surface area (Å²) in [6, 6.07) is 6.73. The van der Waals surface area contributed by atoms with Crippen molar-refractivity contribution < 1.29 is 4.79 Å². The topological polar surface area (TPSA) is 32.3 Å². The third-order valence-electron chi connectivity index (χ3n) is 2.87. The summed E-state index contributed by atoms with van der Waals surface area (Å²) in [4.78, 5) is 14.1. The number of alkyl halides is 3. The van der Waals surface area contributed by atoms with Gasteiger partial charge >= 0.3 is 0 Å². The van der Waals surface area contributed by atoms with Gasteiger partial charge in [0.25, 0.3) is 5.91 Å². The van der Waals surface area contributed by atoms with E-state index in [-0.39, 0.29) is 5.91 Å². The van der Waals surface area contributed by atoms with Gasteiger partial charge in [0.15, 0.2) is 0 Å². The Kier molecular flexibility index (Phi) is 6.89. The normalized spacial score (nSPS) is 13.3. The summed E-state index contributed by atoms with van der Waals surface area (Å²) in [5, 5.41) is 3.08. The molecular formula is C13H16Cl4N2O. The lowest BCUT2D eigenvalue weighted by atomic mass is 10.2. The van der Waals surface area contributed by atoms with E-state index >= 15 is 0 Å². The first-order chi connectivity index (χ1) is 9.31. The number of rotatable bonds is 5. The van der Waals surface area contributed by atoms with Gasteiger partial charge in [-0.2, -0.15) is 0 Å². The Labute approximate surface area is 139 Å². The van der Waals surface area contributed by atoms with E-state index in [1.165, 1.54) is 0 Å². The molecule has 0 spiro atoms. The van der Waals surface area contributed by atoms with Gasteiger partial charge in [0.05, 0.1) is 10.6 Å². The summed E-state index contributed by atoms with van der Waals surface area (Å²) in [6.45, 7) is 5.12. The van der Waals surface area contributed by atoms with Crippen LogP contribution in [-0.2, 0) is 0 Å². The van der Waals surface area contributed by atoms with Gasteiger partial charge in [0.1, 0.15) is 6.17 Å². The summed E-state index contributed by atoms with van der Waals surface area (Å²) in [6.07, 6.45) is -0.730. The minimum absolute atomic E-state index is 0.348. The smallest absolute Gasteiger partial charge is 0.254 e. The predicted molar refractivity (Wildman–Crippen MR) is 85.9 cm³/mol. The van der Waals surface area contributed by atoms with Crippen LogP contribution in [0.15, 0.2) is 24.3 Å². The molecular weight excluding hydrogens is 342 g/mol. The predicted octanol–water partition coefficient (Wildman–Crippen LogP) is 4.11. The van der Waals surface area contributed by atoms with Crippen LogP contribution in [0.4, 0.5) is 0 Å². The molecule has 0 saturated carbocycles. The van der Waals surface area contributed by atoms with E-state index in [4.69, 9.17) is 46.4 Å². The summed E-state index contributed by atoms with van der Waals surface area (Å²) >= 11 is 23.9. The second kappa shape index (κ2) is 7.71. The Bertz CT molecular complexity index is 458. The third kappa shape index (κ3) is 4.68. The molecule has 0 aliphatic heterocycles. The second-order valence-corrected chi connectivity index (χ2v) is 6.89. The number of amides is 1. The minimum Gasteiger partial charge on any atom is -0.332 e. The van der Waals surface area contributed by atoms with Gasteiger partial charge in [0, 0.05) is 0 Å². The molecule has 0 radical (unpaired) electrons. The quantitative estimate of drug-likeness (QED) is 0.635. The van der Waals surface area contributed by atoms with E-state index < -0.39 is 9.96 Å². The molecule has 3 nitrogen and oxygen atoms in total. The van der Waals surface area contributed by atoms with Crippen LogP contribution >= 0.6 is 46.4 Å². The maximum Gasteiger partial charge on any atom is 0.254 e. The van der Waals surface area contributed by atoms with Crippen molar-refractivity contribution in [2.24, 2.45) is 0 Å². The zero-order chi connectivity index (χ0) is 15.3. The van der Waals surface area contributed by atoms with Crippen molar-refractivity contribution >= 4 is 52.3 Å². The highest BCUT2D eigenvalue weighted by Gasteiger charge is 2.37. The first-order valence-corrected chi connectivity index (χ1v) is 7.68. The average Bonchev–Trinajstić information content (AvgIpc) is 2.38. The van der Waals surface area contributed by atoms with Crippen molar-refractivity contribution in [2.45, 2.75) is 23.8 Å². The number of halogens is 4. The van der Waals surface area contributed by atoms with E-state index in [1.807, 2.05) is 18.7 Å². The molecule has 1 aromatic carbocycles. The monoisotopic (exact) mass is 356 g/mol. The van der Waals surface area contributed by atoms with Crippen molar-refractivity contribution in [1.82, 2.24) is 10.2 Å². The van der Waals surface area contributed by atoms with Gasteiger partial charge < -0.3 is 5.32 Å². The molecule has 0 heterocycles. The molecule has 0 saturated heterocycles. The molecule has 1 N–H and O–H groups in total. The first-order valence-electron chi connectivity index (χ1n) is 6.17. The van der Waals surface area contributed by atoms with Crippen molar-refractivity contribution in [3.63, 3.8) is 0 Å². The van der Waals surface area contributed by atoms with Crippen LogP contribution in [0.5, 0.6) is 0 Å². The summed E-state index contributed by atoms with van der Waals surface area (Å²) < 4.78 is -1.64. The number of hydrogen-bond acceptors (Lipinski definition) is 2. The van der Waals surface area contributed by atoms with Crippen LogP contribution in [-0.4, -0.2) is 33.9 Å². The summed E-state index contributed by atoms with van der Waals surface area (Å²) in [5.74, 6) is -0.376. The number of nitrogens with zero attached hydrogens (tertiary/aromatic N) is 1. The Morgan fingerprint density at radius 2 is 1.80 bits per heavy atom. The van der Waals surface area contributed by atoms with E-state index in [2.05, 4.69) is 5.32 Å². The number of hydrogen-bond donors (Lipinski definition) is 1. The minimum atomic E-state index is -1.64. The number of benzene rings is 1. The standard InChI is InChI=1S/C13H16Cl4N2O/c1-3-19(4-2)12(13(15,16)17)18-11(20)9-7-5-6-8-10(9)14/h5-8,12H,3-4H2,1-2H3,(H,18,20). The number of nitrogens with one attached hydrogen (secondary N) is 1. The van der Waals surface area contributed by atoms with Gasteiger partial charge in [-0.15, -0.1) is 0 Å². The average molecular weight is 358 g/mol. The van der Waals surface area contributed by atoms with Gasteiger partial charge in [-0.3, -0.25) is 9.69 Å². The Morgan fingerprint density at radius 1 is 1.25 bits per heavy atom. The molecule has 20 heavy (non-hydrogen) atoms. The molecule has 1 atom stereocenters. The molecule has 0 aromatic heterocycles. The highest BCUT2D eigenvalue weighted by atomic mass is 35.6. The van der Waals surface area contributed by atoms with Gasteiger partial charge in [-0.05, 0) is 25.2 Å². The molecule has 0 bridgehead atoms. The van der Waals surface area contributed by atoms with Gasteiger partial charge in [-0.1, -0.05) is 72.4 Å². The second-order valence-electron chi connectivity index (χ2n) is 4.12. The zero-order valence-corrected chi connectivity index (χ0v) is 14.2.